The van der Waals surface area contributed by atoms with Crippen LogP contribution in [0.15, 0.2) is 0 Å². The highest BCUT2D eigenvalue weighted by molar-refractivity contribution is 4.94. The minimum absolute atomic E-state index is 0. The fraction of sp³-hybridized carbons (Fsp3) is 1.00. The first-order valence-electron chi connectivity index (χ1n) is 4.29. The van der Waals surface area contributed by atoms with Crippen LogP contribution in [0, 0.1) is 0 Å². The van der Waals surface area contributed by atoms with Crippen LogP contribution in [0.2, 0.25) is 0 Å². The van der Waals surface area contributed by atoms with Gasteiger partial charge in [0, 0.05) is 28.2 Å². The molecule has 3 nitrogen and oxygen atoms in total. The minimum atomic E-state index is 0. The second-order valence-electron chi connectivity index (χ2n) is 3.65. The van der Waals surface area contributed by atoms with Crippen LogP contribution in [-0.2, 0) is 0 Å². The maximum absolute atomic E-state index is 3.50. The lowest BCUT2D eigenvalue weighted by Crippen LogP contribution is -2.49. The molecular weight excluding hydrogens is 138 g/mol. The lowest BCUT2D eigenvalue weighted by molar-refractivity contribution is 0.262. The zero-order chi connectivity index (χ0) is 8.32. The molecule has 1 heterocycles. The lowest BCUT2D eigenvalue weighted by Gasteiger charge is -2.30. The quantitative estimate of drug-likeness (QED) is 0.625. The highest BCUT2D eigenvalue weighted by Crippen LogP contribution is 2.12. The van der Waals surface area contributed by atoms with E-state index in [9.17, 15) is 0 Å². The van der Waals surface area contributed by atoms with Crippen molar-refractivity contribution in [2.45, 2.75) is 18.9 Å². The van der Waals surface area contributed by atoms with Crippen molar-refractivity contribution in [3.63, 3.8) is 0 Å². The third kappa shape index (κ3) is 2.15. The predicted molar refractivity (Wildman–Crippen MR) is 51.8 cm³/mol. The Labute approximate surface area is 72.1 Å². The Bertz CT molecular complexity index is 125. The summed E-state index contributed by atoms with van der Waals surface area (Å²) in [6.07, 6.45) is 1.19. The van der Waals surface area contributed by atoms with E-state index in [1.807, 2.05) is 0 Å². The molecule has 70 valence electrons. The van der Waals surface area contributed by atoms with Gasteiger partial charge in [-0.25, -0.2) is 0 Å². The number of likely N-dealkylation sites (N-methyl/N-ethyl adjacent to an activating group) is 1. The zero-order valence-corrected chi connectivity index (χ0v) is 7.78. The average molecular weight is 161 g/mol. The average Bonchev–Trinajstić information content (AvgIpc) is 2.36. The molecule has 0 aromatic rings. The molecule has 0 spiro atoms. The lowest BCUT2D eigenvalue weighted by atomic mass is 9.97. The largest absolute Gasteiger partial charge is 0.308 e. The van der Waals surface area contributed by atoms with Crippen LogP contribution >= 0.6 is 0 Å². The third-order valence-electron chi connectivity index (χ3n) is 2.35. The van der Waals surface area contributed by atoms with Gasteiger partial charge >= 0.3 is 0 Å². The zero-order valence-electron chi connectivity index (χ0n) is 7.78. The number of rotatable bonds is 3. The molecule has 1 aliphatic rings. The van der Waals surface area contributed by atoms with Gasteiger partial charge in [0.1, 0.15) is 0 Å². The standard InChI is InChI=1S/C8H19N3.2H2/c1-4-8(6-11(2)3)5-9-7-10-8;;/h9-10H,4-7H2,1-3H3;2*1H. The maximum atomic E-state index is 3.50. The van der Waals surface area contributed by atoms with Gasteiger partial charge in [0.25, 0.3) is 0 Å². The van der Waals surface area contributed by atoms with E-state index in [1.54, 1.807) is 0 Å². The number of hydrogen-bond donors (Lipinski definition) is 2. The van der Waals surface area contributed by atoms with E-state index in [-0.39, 0.29) is 2.85 Å². The van der Waals surface area contributed by atoms with Crippen LogP contribution in [0.4, 0.5) is 0 Å². The highest BCUT2D eigenvalue weighted by atomic mass is 15.2. The molecule has 0 aromatic carbocycles. The second kappa shape index (κ2) is 3.52. The van der Waals surface area contributed by atoms with Crippen molar-refractivity contribution in [1.29, 1.82) is 0 Å². The van der Waals surface area contributed by atoms with Gasteiger partial charge in [0.2, 0.25) is 0 Å². The fourth-order valence-electron chi connectivity index (χ4n) is 1.69. The SMILES string of the molecule is CCC1(CN(C)C)CNCN1.[HH].[HH]. The molecule has 0 saturated carbocycles. The van der Waals surface area contributed by atoms with E-state index in [1.165, 1.54) is 6.42 Å². The van der Waals surface area contributed by atoms with Gasteiger partial charge in [-0.05, 0) is 20.5 Å². The van der Waals surface area contributed by atoms with Gasteiger partial charge in [0.05, 0.1) is 0 Å². The summed E-state index contributed by atoms with van der Waals surface area (Å²) in [5, 5.41) is 6.83. The summed E-state index contributed by atoms with van der Waals surface area (Å²) in [4.78, 5) is 2.24. The molecular formula is C8H23N3. The van der Waals surface area contributed by atoms with Gasteiger partial charge in [-0.1, -0.05) is 6.92 Å². The summed E-state index contributed by atoms with van der Waals surface area (Å²) in [6, 6.07) is 0. The molecule has 1 atom stereocenters. The van der Waals surface area contributed by atoms with Crippen LogP contribution in [0.1, 0.15) is 16.2 Å². The Hall–Kier alpha value is -0.120. The monoisotopic (exact) mass is 161 g/mol. The normalized spacial score (nSPS) is 31.6. The highest BCUT2D eigenvalue weighted by Gasteiger charge is 2.31. The van der Waals surface area contributed by atoms with Crippen molar-refractivity contribution >= 4 is 0 Å². The topological polar surface area (TPSA) is 27.3 Å². The first-order chi connectivity index (χ1) is 5.18. The van der Waals surface area contributed by atoms with Crippen molar-refractivity contribution in [2.75, 3.05) is 33.9 Å². The van der Waals surface area contributed by atoms with Gasteiger partial charge in [0.15, 0.2) is 0 Å². The molecule has 1 fully saturated rings. The minimum Gasteiger partial charge on any atom is -0.308 e. The first kappa shape index (κ1) is 8.97. The summed E-state index contributed by atoms with van der Waals surface area (Å²) >= 11 is 0. The van der Waals surface area contributed by atoms with E-state index in [2.05, 4.69) is 36.6 Å². The van der Waals surface area contributed by atoms with E-state index in [0.717, 1.165) is 19.8 Å². The molecule has 1 rings (SSSR count). The van der Waals surface area contributed by atoms with Gasteiger partial charge in [-0.3, -0.25) is 5.32 Å². The van der Waals surface area contributed by atoms with Crippen molar-refractivity contribution in [3.8, 4) is 0 Å². The van der Waals surface area contributed by atoms with E-state index < -0.39 is 0 Å². The molecule has 0 bridgehead atoms. The number of nitrogens with zero attached hydrogens (tertiary/aromatic N) is 1. The van der Waals surface area contributed by atoms with Crippen LogP contribution in [-0.4, -0.2) is 44.3 Å². The van der Waals surface area contributed by atoms with E-state index in [0.29, 0.717) is 5.54 Å². The summed E-state index contributed by atoms with van der Waals surface area (Å²) in [5.74, 6) is 0. The Balaban J connectivity index is 0. The summed E-state index contributed by atoms with van der Waals surface area (Å²) in [5.41, 5.74) is 0.323. The van der Waals surface area contributed by atoms with Crippen LogP contribution in [0.5, 0.6) is 0 Å². The predicted octanol–water partition coefficient (Wildman–Crippen LogP) is 0.339. The van der Waals surface area contributed by atoms with Gasteiger partial charge in [-0.15, -0.1) is 0 Å². The maximum Gasteiger partial charge on any atom is 0.0460 e. The summed E-state index contributed by atoms with van der Waals surface area (Å²) in [7, 11) is 4.24. The Morgan fingerprint density at radius 1 is 1.55 bits per heavy atom. The molecule has 11 heavy (non-hydrogen) atoms. The smallest absolute Gasteiger partial charge is 0.0460 e. The molecule has 2 N–H and O–H groups in total. The summed E-state index contributed by atoms with van der Waals surface area (Å²) in [6.45, 7) is 5.42. The molecule has 1 saturated heterocycles. The number of hydrogen-bond acceptors (Lipinski definition) is 3. The van der Waals surface area contributed by atoms with Crippen LogP contribution in [0.3, 0.4) is 0 Å². The van der Waals surface area contributed by atoms with E-state index >= 15 is 0 Å². The Morgan fingerprint density at radius 2 is 2.27 bits per heavy atom. The Morgan fingerprint density at radius 3 is 2.64 bits per heavy atom. The molecule has 0 amide bonds. The third-order valence-corrected chi connectivity index (χ3v) is 2.35. The molecule has 0 aromatic heterocycles. The van der Waals surface area contributed by atoms with Crippen molar-refractivity contribution in [2.24, 2.45) is 0 Å². The molecule has 3 heteroatoms. The molecule has 0 aliphatic carbocycles. The van der Waals surface area contributed by atoms with Gasteiger partial charge < -0.3 is 10.2 Å². The molecule has 0 radical (unpaired) electrons. The van der Waals surface area contributed by atoms with Crippen LogP contribution < -0.4 is 10.6 Å². The first-order valence-corrected chi connectivity index (χ1v) is 4.29. The Kier molecular flexibility index (Phi) is 2.87. The second-order valence-corrected chi connectivity index (χ2v) is 3.65. The van der Waals surface area contributed by atoms with Gasteiger partial charge in [-0.2, -0.15) is 0 Å². The van der Waals surface area contributed by atoms with Crippen molar-refractivity contribution in [1.82, 2.24) is 15.5 Å². The number of nitrogens with one attached hydrogen (secondary N) is 2. The van der Waals surface area contributed by atoms with Crippen molar-refractivity contribution < 1.29 is 2.85 Å². The van der Waals surface area contributed by atoms with Crippen LogP contribution in [0.25, 0.3) is 0 Å². The summed E-state index contributed by atoms with van der Waals surface area (Å²) < 4.78 is 0. The van der Waals surface area contributed by atoms with E-state index in [4.69, 9.17) is 0 Å². The fourth-order valence-corrected chi connectivity index (χ4v) is 1.69. The molecule has 1 unspecified atom stereocenters. The van der Waals surface area contributed by atoms with Crippen molar-refractivity contribution in [3.05, 3.63) is 0 Å². The molecule has 1 aliphatic heterocycles.